The Labute approximate surface area is 184 Å². The second-order valence-electron chi connectivity index (χ2n) is 6.49. The predicted molar refractivity (Wildman–Crippen MR) is 112 cm³/mol. The number of ether oxygens (including phenoxy) is 2. The summed E-state index contributed by atoms with van der Waals surface area (Å²) in [6.45, 7) is 0.100. The molecule has 4 aromatic rings. The van der Waals surface area contributed by atoms with E-state index in [9.17, 15) is 4.79 Å². The van der Waals surface area contributed by atoms with E-state index in [2.05, 4.69) is 35.8 Å². The number of halogens is 1. The Morgan fingerprint density at radius 3 is 2.75 bits per heavy atom. The maximum absolute atomic E-state index is 12.9. The van der Waals surface area contributed by atoms with Gasteiger partial charge in [0.15, 0.2) is 17.2 Å². The first kappa shape index (κ1) is 19.5. The van der Waals surface area contributed by atoms with Crippen LogP contribution in [0.15, 0.2) is 52.2 Å². The number of nitrogens with one attached hydrogen (secondary N) is 1. The third-order valence-corrected chi connectivity index (χ3v) is 4.73. The highest BCUT2D eigenvalue weighted by Crippen LogP contribution is 2.37. The van der Waals surface area contributed by atoms with Crippen LogP contribution in [0.5, 0.6) is 11.5 Å². The first-order valence-corrected chi connectivity index (χ1v) is 9.51. The van der Waals surface area contributed by atoms with E-state index in [-0.39, 0.29) is 29.8 Å². The summed E-state index contributed by atoms with van der Waals surface area (Å²) in [7, 11) is 0. The summed E-state index contributed by atoms with van der Waals surface area (Å²) in [5.74, 6) is 0.533. The van der Waals surface area contributed by atoms with Crippen molar-refractivity contribution in [2.24, 2.45) is 5.10 Å². The first-order valence-electron chi connectivity index (χ1n) is 9.13. The number of anilines is 1. The second kappa shape index (κ2) is 8.00. The lowest BCUT2D eigenvalue weighted by Crippen LogP contribution is -2.19. The third kappa shape index (κ3) is 3.58. The number of carbonyl (C=O) groups excluding carboxylic acids is 1. The van der Waals surface area contributed by atoms with Crippen LogP contribution in [0, 0.1) is 0 Å². The van der Waals surface area contributed by atoms with Crippen molar-refractivity contribution in [1.29, 1.82) is 0 Å². The Kier molecular flexibility index (Phi) is 4.88. The van der Waals surface area contributed by atoms with Gasteiger partial charge in [0.2, 0.25) is 18.4 Å². The molecule has 0 saturated heterocycles. The number of nitrogen functional groups attached to an aromatic ring is 1. The van der Waals surface area contributed by atoms with Crippen molar-refractivity contribution in [3.63, 3.8) is 0 Å². The smallest absolute Gasteiger partial charge is 0.294 e. The summed E-state index contributed by atoms with van der Waals surface area (Å²) >= 11 is 5.87. The van der Waals surface area contributed by atoms with Gasteiger partial charge in [-0.1, -0.05) is 28.9 Å². The molecule has 32 heavy (non-hydrogen) atoms. The van der Waals surface area contributed by atoms with Gasteiger partial charge in [0.05, 0.1) is 6.21 Å². The molecule has 13 heteroatoms. The summed E-state index contributed by atoms with van der Waals surface area (Å²) < 4.78 is 16.7. The van der Waals surface area contributed by atoms with Gasteiger partial charge in [-0.25, -0.2) is 10.1 Å². The molecule has 0 unspecified atom stereocenters. The van der Waals surface area contributed by atoms with Gasteiger partial charge in [0.1, 0.15) is 5.69 Å². The molecule has 1 amide bonds. The van der Waals surface area contributed by atoms with E-state index in [0.717, 1.165) is 5.56 Å². The fourth-order valence-electron chi connectivity index (χ4n) is 2.99. The number of nitrogens with zero attached hydrogens (tertiary/aromatic N) is 6. The summed E-state index contributed by atoms with van der Waals surface area (Å²) in [5, 5.41) is 19.9. The van der Waals surface area contributed by atoms with Gasteiger partial charge in [-0.2, -0.15) is 9.78 Å². The Bertz CT molecular complexity index is 1330. The first-order chi connectivity index (χ1) is 15.6. The normalized spacial score (nSPS) is 12.4. The molecular formula is C19H13ClN8O4. The average molecular weight is 453 g/mol. The molecule has 5 rings (SSSR count). The highest BCUT2D eigenvalue weighted by atomic mass is 35.5. The molecule has 3 N–H and O–H groups in total. The van der Waals surface area contributed by atoms with Crippen molar-refractivity contribution in [2.45, 2.75) is 0 Å². The Morgan fingerprint density at radius 1 is 1.16 bits per heavy atom. The van der Waals surface area contributed by atoms with Crippen molar-refractivity contribution in [3.05, 3.63) is 58.7 Å². The molecule has 0 atom stereocenters. The fraction of sp³-hybridized carbons (Fsp3) is 0.0526. The van der Waals surface area contributed by atoms with Gasteiger partial charge in [-0.05, 0) is 46.2 Å². The van der Waals surface area contributed by atoms with Crippen LogP contribution in [0.3, 0.4) is 0 Å². The number of hydrazone groups is 1. The lowest BCUT2D eigenvalue weighted by atomic mass is 10.1. The van der Waals surface area contributed by atoms with E-state index in [1.54, 1.807) is 42.5 Å². The number of nitrogens with two attached hydrogens (primary N) is 1. The molecule has 2 aromatic carbocycles. The number of amides is 1. The number of hydrogen-bond donors (Lipinski definition) is 2. The number of fused-ring (bicyclic) bond motifs is 1. The van der Waals surface area contributed by atoms with Crippen LogP contribution in [0.1, 0.15) is 16.1 Å². The number of carbonyl (C=O) groups is 1. The summed E-state index contributed by atoms with van der Waals surface area (Å²) in [5.41, 5.74) is 9.80. The molecule has 160 valence electrons. The van der Waals surface area contributed by atoms with Gasteiger partial charge >= 0.3 is 0 Å². The van der Waals surface area contributed by atoms with Gasteiger partial charge in [0, 0.05) is 10.6 Å². The molecule has 0 saturated carbocycles. The van der Waals surface area contributed by atoms with Crippen LogP contribution < -0.4 is 20.6 Å². The standard InChI is InChI=1S/C19H13ClN8O4/c20-12-4-1-10(2-5-12)8-22-24-19(29)15-16(11-3-6-13-14(7-11)31-9-30-13)28(27-23-15)18-17(21)25-32-26-18/h1-8H,9H2,(H2,21,25)(H,24,29)/b22-8-. The van der Waals surface area contributed by atoms with E-state index in [0.29, 0.717) is 22.1 Å². The van der Waals surface area contributed by atoms with Crippen LogP contribution in [0.2, 0.25) is 5.02 Å². The van der Waals surface area contributed by atoms with Gasteiger partial charge < -0.3 is 15.2 Å². The Hall–Kier alpha value is -4.45. The SMILES string of the molecule is Nc1nonc1-n1nnc(C(=O)N/N=C\c2ccc(Cl)cc2)c1-c1ccc2c(c1)OCO2. The minimum absolute atomic E-state index is 0.0235. The molecule has 0 fully saturated rings. The molecular weight excluding hydrogens is 440 g/mol. The van der Waals surface area contributed by atoms with E-state index >= 15 is 0 Å². The largest absolute Gasteiger partial charge is 0.454 e. The summed E-state index contributed by atoms with van der Waals surface area (Å²) in [4.78, 5) is 12.9. The maximum Gasteiger partial charge on any atom is 0.294 e. The van der Waals surface area contributed by atoms with E-state index < -0.39 is 5.91 Å². The highest BCUT2D eigenvalue weighted by Gasteiger charge is 2.26. The van der Waals surface area contributed by atoms with Crippen molar-refractivity contribution in [2.75, 3.05) is 12.5 Å². The highest BCUT2D eigenvalue weighted by molar-refractivity contribution is 6.30. The lowest BCUT2D eigenvalue weighted by Gasteiger charge is -2.07. The minimum Gasteiger partial charge on any atom is -0.454 e. The Balaban J connectivity index is 1.51. The molecule has 0 spiro atoms. The van der Waals surface area contributed by atoms with Crippen molar-refractivity contribution in [3.8, 4) is 28.6 Å². The molecule has 12 nitrogen and oxygen atoms in total. The molecule has 3 heterocycles. The monoisotopic (exact) mass is 452 g/mol. The van der Waals surface area contributed by atoms with Gasteiger partial charge in [-0.3, -0.25) is 4.79 Å². The summed E-state index contributed by atoms with van der Waals surface area (Å²) in [6, 6.07) is 12.1. The minimum atomic E-state index is -0.607. The number of hydrogen-bond acceptors (Lipinski definition) is 10. The van der Waals surface area contributed by atoms with E-state index in [4.69, 9.17) is 26.8 Å². The van der Waals surface area contributed by atoms with Gasteiger partial charge in [0.25, 0.3) is 5.91 Å². The van der Waals surface area contributed by atoms with Crippen LogP contribution in [-0.2, 0) is 0 Å². The van der Waals surface area contributed by atoms with Crippen LogP contribution >= 0.6 is 11.6 Å². The number of benzene rings is 2. The van der Waals surface area contributed by atoms with E-state index in [1.807, 2.05) is 0 Å². The molecule has 1 aliphatic heterocycles. The van der Waals surface area contributed by atoms with Gasteiger partial charge in [-0.15, -0.1) is 5.10 Å². The molecule has 1 aliphatic rings. The lowest BCUT2D eigenvalue weighted by molar-refractivity contribution is 0.0950. The molecule has 0 bridgehead atoms. The zero-order valence-corrected chi connectivity index (χ0v) is 16.9. The van der Waals surface area contributed by atoms with Crippen molar-refractivity contribution < 1.29 is 18.9 Å². The second-order valence-corrected chi connectivity index (χ2v) is 6.93. The van der Waals surface area contributed by atoms with E-state index in [1.165, 1.54) is 10.9 Å². The molecule has 0 radical (unpaired) electrons. The Morgan fingerprint density at radius 2 is 1.97 bits per heavy atom. The van der Waals surface area contributed by atoms with Crippen LogP contribution in [-0.4, -0.2) is 44.2 Å². The van der Waals surface area contributed by atoms with Crippen molar-refractivity contribution in [1.82, 2.24) is 30.7 Å². The zero-order chi connectivity index (χ0) is 22.1. The number of rotatable bonds is 5. The topological polar surface area (TPSA) is 156 Å². The zero-order valence-electron chi connectivity index (χ0n) is 16.1. The van der Waals surface area contributed by atoms with Crippen molar-refractivity contribution >= 4 is 29.5 Å². The fourth-order valence-corrected chi connectivity index (χ4v) is 3.12. The summed E-state index contributed by atoms with van der Waals surface area (Å²) in [6.07, 6.45) is 1.47. The third-order valence-electron chi connectivity index (χ3n) is 4.48. The average Bonchev–Trinajstić information content (AvgIpc) is 3.53. The quantitative estimate of drug-likeness (QED) is 0.341. The molecule has 0 aliphatic carbocycles. The number of aromatic nitrogens is 5. The predicted octanol–water partition coefficient (Wildman–Crippen LogP) is 2.05. The van der Waals surface area contributed by atoms with Crippen LogP contribution in [0.4, 0.5) is 5.82 Å². The van der Waals surface area contributed by atoms with Crippen LogP contribution in [0.25, 0.3) is 17.1 Å². The molecule has 2 aromatic heterocycles. The maximum atomic E-state index is 12.9.